The lowest BCUT2D eigenvalue weighted by Gasteiger charge is -2.17. The summed E-state index contributed by atoms with van der Waals surface area (Å²) in [5.41, 5.74) is 4.70. The van der Waals surface area contributed by atoms with E-state index in [0.717, 1.165) is 0 Å². The highest BCUT2D eigenvalue weighted by Crippen LogP contribution is 2.16. The fourth-order valence-electron chi connectivity index (χ4n) is 0.991. The van der Waals surface area contributed by atoms with Crippen LogP contribution in [0.25, 0.3) is 0 Å². The highest BCUT2D eigenvalue weighted by Gasteiger charge is 2.16. The average Bonchev–Trinajstić information content (AvgIpc) is 2.02. The summed E-state index contributed by atoms with van der Waals surface area (Å²) in [7, 11) is 0. The van der Waals surface area contributed by atoms with E-state index in [1.165, 1.54) is 13.1 Å². The molecule has 1 aromatic heterocycles. The number of aliphatic hydroxyl groups is 1. The van der Waals surface area contributed by atoms with Gasteiger partial charge in [0.1, 0.15) is 5.72 Å². The van der Waals surface area contributed by atoms with Gasteiger partial charge >= 0.3 is 0 Å². The molecular formula is C10H16N2O2. The third-order valence-electron chi connectivity index (χ3n) is 1.68. The minimum Gasteiger partial charge on any atom is -0.475 e. The molecule has 0 aliphatic carbocycles. The molecule has 14 heavy (non-hydrogen) atoms. The highest BCUT2D eigenvalue weighted by atomic mass is 16.5. The molecule has 1 heterocycles. The fraction of sp³-hybridized carbons (Fsp3) is 0.500. The molecule has 0 radical (unpaired) electrons. The third-order valence-corrected chi connectivity index (χ3v) is 1.68. The summed E-state index contributed by atoms with van der Waals surface area (Å²) in [5, 5.41) is 9.46. The van der Waals surface area contributed by atoms with Crippen LogP contribution in [0.3, 0.4) is 0 Å². The second kappa shape index (κ2) is 3.94. The highest BCUT2D eigenvalue weighted by molar-refractivity contribution is 5.21. The topological polar surface area (TPSA) is 68.4 Å². The van der Waals surface area contributed by atoms with Crippen LogP contribution in [-0.2, 0) is 5.72 Å². The van der Waals surface area contributed by atoms with Gasteiger partial charge < -0.3 is 9.84 Å². The van der Waals surface area contributed by atoms with Gasteiger partial charge in [-0.05, 0) is 26.8 Å². The summed E-state index contributed by atoms with van der Waals surface area (Å²) in [6.45, 7) is 5.36. The van der Waals surface area contributed by atoms with Crippen LogP contribution in [0.1, 0.15) is 26.3 Å². The van der Waals surface area contributed by atoms with Gasteiger partial charge in [-0.25, -0.2) is 4.98 Å². The second-order valence-electron chi connectivity index (χ2n) is 3.70. The van der Waals surface area contributed by atoms with Gasteiger partial charge in [0.15, 0.2) is 0 Å². The van der Waals surface area contributed by atoms with Gasteiger partial charge in [0.2, 0.25) is 5.88 Å². The van der Waals surface area contributed by atoms with Crippen LogP contribution in [0, 0.1) is 0 Å². The van der Waals surface area contributed by atoms with Gasteiger partial charge in [0, 0.05) is 17.8 Å². The molecule has 0 saturated heterocycles. The zero-order valence-corrected chi connectivity index (χ0v) is 8.69. The number of pyridine rings is 1. The fourth-order valence-corrected chi connectivity index (χ4v) is 0.991. The Balaban J connectivity index is 2.79. The maximum absolute atomic E-state index is 9.46. The molecule has 0 bridgehead atoms. The lowest BCUT2D eigenvalue weighted by atomic mass is 10.1. The average molecular weight is 196 g/mol. The van der Waals surface area contributed by atoms with Gasteiger partial charge in [-0.2, -0.15) is 0 Å². The number of hydrogen-bond acceptors (Lipinski definition) is 4. The van der Waals surface area contributed by atoms with Gasteiger partial charge in [0.25, 0.3) is 0 Å². The lowest BCUT2D eigenvalue weighted by Crippen LogP contribution is -2.32. The Morgan fingerprint density at radius 2 is 2.14 bits per heavy atom. The van der Waals surface area contributed by atoms with E-state index in [-0.39, 0.29) is 6.10 Å². The smallest absolute Gasteiger partial charge is 0.213 e. The summed E-state index contributed by atoms with van der Waals surface area (Å²) in [5.74, 6) is 0.535. The monoisotopic (exact) mass is 196 g/mol. The van der Waals surface area contributed by atoms with Crippen LogP contribution >= 0.6 is 0 Å². The number of rotatable bonds is 3. The zero-order valence-electron chi connectivity index (χ0n) is 8.69. The predicted octanol–water partition coefficient (Wildman–Crippen LogP) is 0.992. The molecule has 0 fully saturated rings. The zero-order chi connectivity index (χ0) is 10.8. The minimum absolute atomic E-state index is 0.0896. The van der Waals surface area contributed by atoms with E-state index in [2.05, 4.69) is 4.98 Å². The molecule has 0 amide bonds. The first kappa shape index (κ1) is 10.9. The van der Waals surface area contributed by atoms with Crippen LogP contribution in [0.15, 0.2) is 18.3 Å². The number of nitrogens with zero attached hydrogens (tertiary/aromatic N) is 1. The predicted molar refractivity (Wildman–Crippen MR) is 53.8 cm³/mol. The number of nitrogens with two attached hydrogens (primary N) is 1. The number of aromatic nitrogens is 1. The molecule has 0 aliphatic rings. The molecule has 78 valence electrons. The molecular weight excluding hydrogens is 180 g/mol. The largest absolute Gasteiger partial charge is 0.475 e. The first-order valence-corrected chi connectivity index (χ1v) is 4.54. The number of hydrogen-bond donors (Lipinski definition) is 2. The van der Waals surface area contributed by atoms with Crippen molar-refractivity contribution in [3.8, 4) is 5.88 Å². The molecule has 1 aromatic rings. The van der Waals surface area contributed by atoms with Gasteiger partial charge in [0.05, 0.1) is 6.10 Å². The Morgan fingerprint density at radius 1 is 1.50 bits per heavy atom. The van der Waals surface area contributed by atoms with E-state index < -0.39 is 5.72 Å². The molecule has 4 heteroatoms. The second-order valence-corrected chi connectivity index (χ2v) is 3.70. The maximum atomic E-state index is 9.46. The van der Waals surface area contributed by atoms with Crippen molar-refractivity contribution >= 4 is 0 Å². The van der Waals surface area contributed by atoms with Gasteiger partial charge in [-0.1, -0.05) is 0 Å². The van der Waals surface area contributed by atoms with E-state index in [4.69, 9.17) is 10.5 Å². The molecule has 1 atom stereocenters. The van der Waals surface area contributed by atoms with Gasteiger partial charge in [-0.15, -0.1) is 0 Å². The van der Waals surface area contributed by atoms with Crippen molar-refractivity contribution in [1.82, 2.24) is 4.98 Å². The van der Waals surface area contributed by atoms with Crippen molar-refractivity contribution in [2.75, 3.05) is 0 Å². The normalized spacial score (nSPS) is 15.3. The van der Waals surface area contributed by atoms with Crippen molar-refractivity contribution in [2.24, 2.45) is 5.73 Å². The van der Waals surface area contributed by atoms with Crippen LogP contribution < -0.4 is 10.5 Å². The maximum Gasteiger partial charge on any atom is 0.213 e. The molecule has 3 N–H and O–H groups in total. The SMILES string of the molecule is CC(C)Oc1ccc([C@](C)(N)O)cn1. The third kappa shape index (κ3) is 2.97. The van der Waals surface area contributed by atoms with Crippen molar-refractivity contribution < 1.29 is 9.84 Å². The van der Waals surface area contributed by atoms with Crippen molar-refractivity contribution in [1.29, 1.82) is 0 Å². The molecule has 0 spiro atoms. The Hall–Kier alpha value is -1.13. The summed E-state index contributed by atoms with van der Waals surface area (Å²) in [6, 6.07) is 3.39. The van der Waals surface area contributed by atoms with Crippen LogP contribution in [0.4, 0.5) is 0 Å². The van der Waals surface area contributed by atoms with E-state index >= 15 is 0 Å². The van der Waals surface area contributed by atoms with E-state index in [1.807, 2.05) is 13.8 Å². The Kier molecular flexibility index (Phi) is 3.08. The standard InChI is InChI=1S/C10H16N2O2/c1-7(2)14-9-5-4-8(6-12-9)10(3,11)13/h4-7,13H,11H2,1-3H3/t10-/m1/s1. The first-order chi connectivity index (χ1) is 6.39. The lowest BCUT2D eigenvalue weighted by molar-refractivity contribution is 0.0642. The quantitative estimate of drug-likeness (QED) is 0.707. The molecule has 0 aliphatic heterocycles. The van der Waals surface area contributed by atoms with Crippen molar-refractivity contribution in [3.63, 3.8) is 0 Å². The van der Waals surface area contributed by atoms with Crippen molar-refractivity contribution in [2.45, 2.75) is 32.6 Å². The van der Waals surface area contributed by atoms with Crippen LogP contribution in [0.2, 0.25) is 0 Å². The first-order valence-electron chi connectivity index (χ1n) is 4.54. The summed E-state index contributed by atoms with van der Waals surface area (Å²) >= 11 is 0. The van der Waals surface area contributed by atoms with E-state index in [0.29, 0.717) is 11.4 Å². The molecule has 0 aromatic carbocycles. The minimum atomic E-state index is -1.34. The number of ether oxygens (including phenoxy) is 1. The Bertz CT molecular complexity index is 288. The Labute approximate surface area is 83.7 Å². The molecule has 0 unspecified atom stereocenters. The summed E-state index contributed by atoms with van der Waals surface area (Å²) < 4.78 is 5.35. The van der Waals surface area contributed by atoms with Crippen molar-refractivity contribution in [3.05, 3.63) is 23.9 Å². The summed E-state index contributed by atoms with van der Waals surface area (Å²) in [6.07, 6.45) is 1.60. The van der Waals surface area contributed by atoms with E-state index in [9.17, 15) is 5.11 Å². The summed E-state index contributed by atoms with van der Waals surface area (Å²) in [4.78, 5) is 4.02. The van der Waals surface area contributed by atoms with Gasteiger partial charge in [-0.3, -0.25) is 5.73 Å². The molecule has 0 saturated carbocycles. The van der Waals surface area contributed by atoms with Crippen LogP contribution in [-0.4, -0.2) is 16.2 Å². The molecule has 1 rings (SSSR count). The molecule has 4 nitrogen and oxygen atoms in total. The van der Waals surface area contributed by atoms with Crippen LogP contribution in [0.5, 0.6) is 5.88 Å². The Morgan fingerprint density at radius 3 is 2.50 bits per heavy atom. The van der Waals surface area contributed by atoms with E-state index in [1.54, 1.807) is 12.1 Å².